The first-order valence-corrected chi connectivity index (χ1v) is 3.65. The van der Waals surface area contributed by atoms with Gasteiger partial charge in [-0.05, 0) is 32.4 Å². The van der Waals surface area contributed by atoms with Crippen LogP contribution in [0.5, 0.6) is 0 Å². The van der Waals surface area contributed by atoms with Gasteiger partial charge < -0.3 is 5.11 Å². The summed E-state index contributed by atoms with van der Waals surface area (Å²) in [6, 6.07) is 3.79. The van der Waals surface area contributed by atoms with Crippen molar-refractivity contribution in [3.8, 4) is 0 Å². The molecule has 2 nitrogen and oxygen atoms in total. The third kappa shape index (κ3) is 2.80. The molecule has 1 heterocycles. The summed E-state index contributed by atoms with van der Waals surface area (Å²) in [5.74, 6) is 0. The first-order chi connectivity index (χ1) is 5.00. The molecule has 0 spiro atoms. The Morgan fingerprint density at radius 2 is 1.92 bits per heavy atom. The van der Waals surface area contributed by atoms with Crippen molar-refractivity contribution in [2.75, 3.05) is 0 Å². The smallest absolute Gasteiger partial charge is 0.101 e. The predicted molar refractivity (Wildman–Crippen MR) is 51.5 cm³/mol. The highest BCUT2D eigenvalue weighted by Gasteiger charge is 2.16. The average Bonchev–Trinajstić information content (AvgIpc) is 1.86. The van der Waals surface area contributed by atoms with E-state index in [4.69, 9.17) is 0 Å². The molecule has 68 valence electrons. The van der Waals surface area contributed by atoms with Crippen LogP contribution in [0.1, 0.15) is 25.1 Å². The molecule has 0 aromatic carbocycles. The second-order valence-electron chi connectivity index (χ2n) is 3.28. The molecule has 0 saturated carbocycles. The molecule has 0 amide bonds. The first-order valence-electron chi connectivity index (χ1n) is 3.65. The number of aryl methyl sites for hydroxylation is 1. The Hall–Kier alpha value is -0.600. The van der Waals surface area contributed by atoms with Crippen LogP contribution in [0.15, 0.2) is 18.3 Å². The van der Waals surface area contributed by atoms with E-state index in [1.54, 1.807) is 20.0 Å². The van der Waals surface area contributed by atoms with Gasteiger partial charge in [-0.3, -0.25) is 4.98 Å². The summed E-state index contributed by atoms with van der Waals surface area (Å²) < 4.78 is 0. The average molecular weight is 188 g/mol. The van der Waals surface area contributed by atoms with E-state index < -0.39 is 5.60 Å². The highest BCUT2D eigenvalue weighted by Crippen LogP contribution is 2.16. The zero-order valence-electron chi connectivity index (χ0n) is 7.53. The molecule has 1 rings (SSSR count). The summed E-state index contributed by atoms with van der Waals surface area (Å²) in [7, 11) is 0. The van der Waals surface area contributed by atoms with Crippen LogP contribution in [-0.4, -0.2) is 10.1 Å². The fourth-order valence-corrected chi connectivity index (χ4v) is 0.830. The summed E-state index contributed by atoms with van der Waals surface area (Å²) in [5, 5.41) is 9.52. The second-order valence-corrected chi connectivity index (χ2v) is 3.28. The van der Waals surface area contributed by atoms with Gasteiger partial charge >= 0.3 is 0 Å². The fraction of sp³-hybridized carbons (Fsp3) is 0.444. The Bertz CT molecular complexity index is 238. The lowest BCUT2D eigenvalue weighted by Crippen LogP contribution is -2.17. The van der Waals surface area contributed by atoms with Gasteiger partial charge in [-0.15, -0.1) is 12.4 Å². The SMILES string of the molecule is Cc1ccc(C(C)(C)O)nc1.Cl. The maximum absolute atomic E-state index is 9.52. The lowest BCUT2D eigenvalue weighted by molar-refractivity contribution is 0.0738. The number of aromatic nitrogens is 1. The van der Waals surface area contributed by atoms with Crippen molar-refractivity contribution < 1.29 is 5.11 Å². The van der Waals surface area contributed by atoms with Crippen molar-refractivity contribution in [3.63, 3.8) is 0 Å². The van der Waals surface area contributed by atoms with Crippen LogP contribution >= 0.6 is 12.4 Å². The van der Waals surface area contributed by atoms with Gasteiger partial charge in [0.2, 0.25) is 0 Å². The lowest BCUT2D eigenvalue weighted by Gasteiger charge is -2.15. The Morgan fingerprint density at radius 1 is 1.33 bits per heavy atom. The molecular weight excluding hydrogens is 174 g/mol. The van der Waals surface area contributed by atoms with Crippen molar-refractivity contribution in [2.45, 2.75) is 26.4 Å². The molecule has 0 aliphatic carbocycles. The van der Waals surface area contributed by atoms with Crippen LogP contribution in [-0.2, 0) is 5.60 Å². The number of pyridine rings is 1. The molecule has 0 atom stereocenters. The highest BCUT2D eigenvalue weighted by atomic mass is 35.5. The first kappa shape index (κ1) is 11.4. The zero-order chi connectivity index (χ0) is 8.48. The number of nitrogens with zero attached hydrogens (tertiary/aromatic N) is 1. The zero-order valence-corrected chi connectivity index (χ0v) is 8.35. The summed E-state index contributed by atoms with van der Waals surface area (Å²) >= 11 is 0. The van der Waals surface area contributed by atoms with Crippen molar-refractivity contribution in [1.82, 2.24) is 4.98 Å². The largest absolute Gasteiger partial charge is 0.384 e. The minimum Gasteiger partial charge on any atom is -0.384 e. The topological polar surface area (TPSA) is 33.1 Å². The second kappa shape index (κ2) is 3.87. The lowest BCUT2D eigenvalue weighted by atomic mass is 10.0. The van der Waals surface area contributed by atoms with E-state index in [1.807, 2.05) is 19.1 Å². The Kier molecular flexibility index (Phi) is 3.68. The molecule has 1 aromatic heterocycles. The maximum Gasteiger partial charge on any atom is 0.101 e. The molecule has 0 aliphatic rings. The number of hydrogen-bond donors (Lipinski definition) is 1. The summed E-state index contributed by atoms with van der Waals surface area (Å²) in [6.45, 7) is 5.43. The molecule has 1 N–H and O–H groups in total. The van der Waals surface area contributed by atoms with Crippen molar-refractivity contribution >= 4 is 12.4 Å². The molecule has 0 fully saturated rings. The van der Waals surface area contributed by atoms with Gasteiger partial charge in [0.1, 0.15) is 5.60 Å². The Balaban J connectivity index is 0.00000121. The van der Waals surface area contributed by atoms with Crippen LogP contribution in [0.25, 0.3) is 0 Å². The predicted octanol–water partition coefficient (Wildman–Crippen LogP) is 2.04. The molecule has 0 bridgehead atoms. The number of rotatable bonds is 1. The standard InChI is InChI=1S/C9H13NO.ClH/c1-7-4-5-8(10-6-7)9(2,3)11;/h4-6,11H,1-3H3;1H. The third-order valence-corrected chi connectivity index (χ3v) is 1.54. The van der Waals surface area contributed by atoms with E-state index in [0.717, 1.165) is 5.56 Å². The highest BCUT2D eigenvalue weighted by molar-refractivity contribution is 5.85. The van der Waals surface area contributed by atoms with Crippen LogP contribution in [0.3, 0.4) is 0 Å². The van der Waals surface area contributed by atoms with E-state index in [-0.39, 0.29) is 12.4 Å². The minimum atomic E-state index is -0.826. The molecule has 12 heavy (non-hydrogen) atoms. The number of halogens is 1. The molecular formula is C9H14ClNO. The number of hydrogen-bond acceptors (Lipinski definition) is 2. The number of aliphatic hydroxyl groups is 1. The summed E-state index contributed by atoms with van der Waals surface area (Å²) in [6.07, 6.45) is 1.76. The van der Waals surface area contributed by atoms with E-state index in [9.17, 15) is 5.11 Å². The quantitative estimate of drug-likeness (QED) is 0.730. The molecule has 0 saturated heterocycles. The van der Waals surface area contributed by atoms with Crippen molar-refractivity contribution in [3.05, 3.63) is 29.6 Å². The van der Waals surface area contributed by atoms with Crippen LogP contribution in [0.4, 0.5) is 0 Å². The fourth-order valence-electron chi connectivity index (χ4n) is 0.830. The van der Waals surface area contributed by atoms with E-state index in [2.05, 4.69) is 4.98 Å². The third-order valence-electron chi connectivity index (χ3n) is 1.54. The monoisotopic (exact) mass is 187 g/mol. The van der Waals surface area contributed by atoms with Gasteiger partial charge in [0.25, 0.3) is 0 Å². The molecule has 0 radical (unpaired) electrons. The maximum atomic E-state index is 9.52. The van der Waals surface area contributed by atoms with Gasteiger partial charge in [-0.1, -0.05) is 6.07 Å². The van der Waals surface area contributed by atoms with Crippen molar-refractivity contribution in [2.24, 2.45) is 0 Å². The van der Waals surface area contributed by atoms with Gasteiger partial charge in [0.05, 0.1) is 5.69 Å². The van der Waals surface area contributed by atoms with Crippen LogP contribution in [0.2, 0.25) is 0 Å². The van der Waals surface area contributed by atoms with Crippen LogP contribution < -0.4 is 0 Å². The normalized spacial score (nSPS) is 10.7. The summed E-state index contributed by atoms with van der Waals surface area (Å²) in [4.78, 5) is 4.10. The van der Waals surface area contributed by atoms with E-state index >= 15 is 0 Å². The van der Waals surface area contributed by atoms with Crippen molar-refractivity contribution in [1.29, 1.82) is 0 Å². The molecule has 3 heteroatoms. The van der Waals surface area contributed by atoms with Gasteiger partial charge in [0, 0.05) is 6.20 Å². The summed E-state index contributed by atoms with van der Waals surface area (Å²) in [5.41, 5.74) is 0.995. The molecule has 0 aliphatic heterocycles. The molecule has 0 unspecified atom stereocenters. The molecule has 1 aromatic rings. The Labute approximate surface area is 79.1 Å². The van der Waals surface area contributed by atoms with Gasteiger partial charge in [0.15, 0.2) is 0 Å². The van der Waals surface area contributed by atoms with Gasteiger partial charge in [-0.2, -0.15) is 0 Å². The Morgan fingerprint density at radius 3 is 2.25 bits per heavy atom. The van der Waals surface area contributed by atoms with Gasteiger partial charge in [-0.25, -0.2) is 0 Å². The van der Waals surface area contributed by atoms with E-state index in [1.165, 1.54) is 0 Å². The van der Waals surface area contributed by atoms with E-state index in [0.29, 0.717) is 5.69 Å². The minimum absolute atomic E-state index is 0. The van der Waals surface area contributed by atoms with Crippen LogP contribution in [0, 0.1) is 6.92 Å².